The molecule has 1 heterocycles. The fourth-order valence-corrected chi connectivity index (χ4v) is 4.16. The van der Waals surface area contributed by atoms with Gasteiger partial charge >= 0.3 is 0 Å². The minimum atomic E-state index is -3.57. The number of hydrogen-bond donors (Lipinski definition) is 2. The molecular formula is C18H29N3O5S. The van der Waals surface area contributed by atoms with Gasteiger partial charge in [0.15, 0.2) is 21.3 Å². The van der Waals surface area contributed by atoms with Gasteiger partial charge in [-0.05, 0) is 25.1 Å². The number of hydrogen-bond acceptors (Lipinski definition) is 7. The van der Waals surface area contributed by atoms with Crippen molar-refractivity contribution in [2.24, 2.45) is 0 Å². The average Bonchev–Trinajstić information content (AvgIpc) is 2.70. The van der Waals surface area contributed by atoms with E-state index in [1.165, 1.54) is 26.4 Å². The van der Waals surface area contributed by atoms with E-state index in [1.807, 2.05) is 0 Å². The lowest BCUT2D eigenvalue weighted by molar-refractivity contribution is -0.120. The predicted octanol–water partition coefficient (Wildman–Crippen LogP) is 0.279. The Labute approximate surface area is 161 Å². The van der Waals surface area contributed by atoms with E-state index in [0.29, 0.717) is 18.0 Å². The van der Waals surface area contributed by atoms with Crippen LogP contribution < -0.4 is 20.1 Å². The number of ether oxygens (including phenoxy) is 2. The van der Waals surface area contributed by atoms with Gasteiger partial charge in [0.1, 0.15) is 0 Å². The third kappa shape index (κ3) is 6.67. The number of piperazine rings is 1. The van der Waals surface area contributed by atoms with Crippen molar-refractivity contribution in [1.82, 2.24) is 15.5 Å². The van der Waals surface area contributed by atoms with E-state index in [4.69, 9.17) is 9.47 Å². The Balaban J connectivity index is 1.76. The zero-order chi connectivity index (χ0) is 19.7. The molecule has 1 fully saturated rings. The molecule has 0 aliphatic carbocycles. The molecule has 8 nitrogen and oxygen atoms in total. The first-order chi connectivity index (χ1) is 13.0. The number of rotatable bonds is 10. The highest BCUT2D eigenvalue weighted by atomic mass is 32.2. The number of carbonyl (C=O) groups excluding carboxylic acids is 1. The van der Waals surface area contributed by atoms with E-state index in [0.717, 1.165) is 39.1 Å². The molecule has 0 spiro atoms. The maximum Gasteiger partial charge on any atom is 0.221 e. The summed E-state index contributed by atoms with van der Waals surface area (Å²) < 4.78 is 35.2. The maximum atomic E-state index is 12.5. The number of methoxy groups -OCH3 is 2. The molecule has 0 aromatic heterocycles. The Morgan fingerprint density at radius 2 is 1.89 bits per heavy atom. The fraction of sp³-hybridized carbons (Fsp3) is 0.611. The van der Waals surface area contributed by atoms with Gasteiger partial charge in [0.25, 0.3) is 0 Å². The van der Waals surface area contributed by atoms with Crippen molar-refractivity contribution < 1.29 is 22.7 Å². The highest BCUT2D eigenvalue weighted by Gasteiger charge is 2.19. The topological polar surface area (TPSA) is 97.0 Å². The van der Waals surface area contributed by atoms with Crippen LogP contribution in [0.5, 0.6) is 11.5 Å². The van der Waals surface area contributed by atoms with E-state index in [1.54, 1.807) is 6.07 Å². The summed E-state index contributed by atoms with van der Waals surface area (Å²) in [6.07, 6.45) is 0.790. The quantitative estimate of drug-likeness (QED) is 0.546. The first kappa shape index (κ1) is 21.5. The molecule has 27 heavy (non-hydrogen) atoms. The summed E-state index contributed by atoms with van der Waals surface area (Å²) in [7, 11) is -0.641. The molecule has 1 aliphatic rings. The van der Waals surface area contributed by atoms with Crippen molar-refractivity contribution in [3.8, 4) is 11.5 Å². The zero-order valence-electron chi connectivity index (χ0n) is 16.0. The van der Waals surface area contributed by atoms with Crippen LogP contribution in [0, 0.1) is 0 Å². The van der Waals surface area contributed by atoms with E-state index >= 15 is 0 Å². The van der Waals surface area contributed by atoms with Crippen LogP contribution in [-0.4, -0.2) is 78.5 Å². The van der Waals surface area contributed by atoms with Crippen LogP contribution in [0.2, 0.25) is 0 Å². The lowest BCUT2D eigenvalue weighted by Crippen LogP contribution is -2.44. The highest BCUT2D eigenvalue weighted by Crippen LogP contribution is 2.29. The molecule has 0 radical (unpaired) electrons. The third-order valence-corrected chi connectivity index (χ3v) is 6.21. The molecule has 0 unspecified atom stereocenters. The zero-order valence-corrected chi connectivity index (χ0v) is 16.8. The fourth-order valence-electron chi connectivity index (χ4n) is 2.91. The monoisotopic (exact) mass is 399 g/mol. The SMILES string of the molecule is COc1ccc(S(=O)(=O)CCC(=O)NCCCN2CCNCC2)cc1OC. The smallest absolute Gasteiger partial charge is 0.221 e. The van der Waals surface area contributed by atoms with Crippen LogP contribution >= 0.6 is 0 Å². The van der Waals surface area contributed by atoms with E-state index < -0.39 is 9.84 Å². The third-order valence-electron chi connectivity index (χ3n) is 4.49. The molecule has 0 atom stereocenters. The van der Waals surface area contributed by atoms with Crippen molar-refractivity contribution in [2.75, 3.05) is 59.2 Å². The number of carbonyl (C=O) groups is 1. The minimum Gasteiger partial charge on any atom is -0.493 e. The Morgan fingerprint density at radius 3 is 2.56 bits per heavy atom. The van der Waals surface area contributed by atoms with Crippen molar-refractivity contribution in [3.05, 3.63) is 18.2 Å². The summed E-state index contributed by atoms with van der Waals surface area (Å²) in [6.45, 7) is 5.54. The Kier molecular flexibility index (Phi) is 8.33. The summed E-state index contributed by atoms with van der Waals surface area (Å²) in [6, 6.07) is 4.42. The largest absolute Gasteiger partial charge is 0.493 e. The number of sulfone groups is 1. The normalized spacial score (nSPS) is 15.3. The average molecular weight is 400 g/mol. The number of benzene rings is 1. The van der Waals surface area contributed by atoms with Gasteiger partial charge in [-0.2, -0.15) is 0 Å². The predicted molar refractivity (Wildman–Crippen MR) is 103 cm³/mol. The first-order valence-corrected chi connectivity index (χ1v) is 10.8. The van der Waals surface area contributed by atoms with Gasteiger partial charge < -0.3 is 25.0 Å². The van der Waals surface area contributed by atoms with Crippen LogP contribution in [-0.2, 0) is 14.6 Å². The second kappa shape index (κ2) is 10.5. The van der Waals surface area contributed by atoms with E-state index in [-0.39, 0.29) is 23.0 Å². The number of nitrogens with zero attached hydrogens (tertiary/aromatic N) is 1. The molecule has 2 N–H and O–H groups in total. The summed E-state index contributed by atoms with van der Waals surface area (Å²) in [4.78, 5) is 14.4. The second-order valence-electron chi connectivity index (χ2n) is 6.38. The summed E-state index contributed by atoms with van der Waals surface area (Å²) in [5, 5.41) is 6.09. The summed E-state index contributed by atoms with van der Waals surface area (Å²) in [5.41, 5.74) is 0. The van der Waals surface area contributed by atoms with Crippen molar-refractivity contribution in [1.29, 1.82) is 0 Å². The minimum absolute atomic E-state index is 0.0652. The van der Waals surface area contributed by atoms with E-state index in [9.17, 15) is 13.2 Å². The molecule has 1 aromatic rings. The van der Waals surface area contributed by atoms with Crippen molar-refractivity contribution in [3.63, 3.8) is 0 Å². The summed E-state index contributed by atoms with van der Waals surface area (Å²) >= 11 is 0. The number of nitrogens with one attached hydrogen (secondary N) is 2. The van der Waals surface area contributed by atoms with Crippen LogP contribution in [0.3, 0.4) is 0 Å². The Hall–Kier alpha value is -1.84. The van der Waals surface area contributed by atoms with Crippen LogP contribution in [0.15, 0.2) is 23.1 Å². The van der Waals surface area contributed by atoms with Gasteiger partial charge in [-0.15, -0.1) is 0 Å². The Morgan fingerprint density at radius 1 is 1.19 bits per heavy atom. The molecule has 152 valence electrons. The van der Waals surface area contributed by atoms with Gasteiger partial charge in [0.05, 0.1) is 24.9 Å². The molecule has 2 rings (SSSR count). The van der Waals surface area contributed by atoms with Gasteiger partial charge in [0, 0.05) is 45.2 Å². The van der Waals surface area contributed by atoms with Crippen LogP contribution in [0.1, 0.15) is 12.8 Å². The first-order valence-electron chi connectivity index (χ1n) is 9.11. The van der Waals surface area contributed by atoms with Gasteiger partial charge in [-0.25, -0.2) is 8.42 Å². The molecule has 0 bridgehead atoms. The molecule has 1 aromatic carbocycles. The molecule has 9 heteroatoms. The summed E-state index contributed by atoms with van der Waals surface area (Å²) in [5.74, 6) is 0.306. The van der Waals surface area contributed by atoms with E-state index in [2.05, 4.69) is 15.5 Å². The van der Waals surface area contributed by atoms with Crippen LogP contribution in [0.25, 0.3) is 0 Å². The second-order valence-corrected chi connectivity index (χ2v) is 8.49. The van der Waals surface area contributed by atoms with Crippen LogP contribution in [0.4, 0.5) is 0 Å². The lowest BCUT2D eigenvalue weighted by Gasteiger charge is -2.27. The lowest BCUT2D eigenvalue weighted by atomic mass is 10.3. The number of amides is 1. The van der Waals surface area contributed by atoms with Gasteiger partial charge in [0.2, 0.25) is 5.91 Å². The molecular weight excluding hydrogens is 370 g/mol. The Bertz CT molecular complexity index is 718. The molecule has 1 amide bonds. The van der Waals surface area contributed by atoms with Gasteiger partial charge in [-0.3, -0.25) is 4.79 Å². The molecule has 1 saturated heterocycles. The van der Waals surface area contributed by atoms with Gasteiger partial charge in [-0.1, -0.05) is 0 Å². The maximum absolute atomic E-state index is 12.5. The molecule has 0 saturated carbocycles. The molecule has 1 aliphatic heterocycles. The van der Waals surface area contributed by atoms with Crippen molar-refractivity contribution >= 4 is 15.7 Å². The van der Waals surface area contributed by atoms with Crippen molar-refractivity contribution in [2.45, 2.75) is 17.7 Å². The standard InChI is InChI=1S/C18H29N3O5S/c1-25-16-5-4-15(14-17(16)26-2)27(23,24)13-6-18(22)20-7-3-10-21-11-8-19-9-12-21/h4-5,14,19H,3,6-13H2,1-2H3,(H,20,22). The highest BCUT2D eigenvalue weighted by molar-refractivity contribution is 7.91.